The van der Waals surface area contributed by atoms with Crippen molar-refractivity contribution >= 4 is 12.0 Å². The molecule has 1 aromatic heterocycles. The van der Waals surface area contributed by atoms with Crippen LogP contribution >= 0.6 is 0 Å². The second-order valence-electron chi connectivity index (χ2n) is 5.53. The van der Waals surface area contributed by atoms with Crippen molar-refractivity contribution in [2.24, 2.45) is 7.05 Å². The van der Waals surface area contributed by atoms with Gasteiger partial charge in [-0.25, -0.2) is 4.79 Å². The van der Waals surface area contributed by atoms with Gasteiger partial charge in [-0.15, -0.1) is 0 Å². The molecule has 6 heteroatoms. The molecule has 1 aromatic carbocycles. The summed E-state index contributed by atoms with van der Waals surface area (Å²) < 4.78 is 7.17. The lowest BCUT2D eigenvalue weighted by atomic mass is 10.2. The van der Waals surface area contributed by atoms with Gasteiger partial charge in [-0.05, 0) is 18.2 Å². The molecule has 23 heavy (non-hydrogen) atoms. The van der Waals surface area contributed by atoms with Gasteiger partial charge in [-0.3, -0.25) is 4.79 Å². The summed E-state index contributed by atoms with van der Waals surface area (Å²) in [6, 6.07) is 10.8. The minimum atomic E-state index is -0.372. The number of carbonyl (C=O) groups is 2. The molecule has 3 rings (SSSR count). The minimum Gasteiger partial charge on any atom is -0.410 e. The zero-order valence-corrected chi connectivity index (χ0v) is 13.0. The highest BCUT2D eigenvalue weighted by molar-refractivity contribution is 5.94. The van der Waals surface area contributed by atoms with Crippen molar-refractivity contribution in [1.82, 2.24) is 14.4 Å². The van der Waals surface area contributed by atoms with Gasteiger partial charge < -0.3 is 19.1 Å². The van der Waals surface area contributed by atoms with E-state index in [1.54, 1.807) is 34.2 Å². The third kappa shape index (κ3) is 3.53. The number of ether oxygens (including phenoxy) is 1. The first kappa shape index (κ1) is 15.1. The molecule has 0 unspecified atom stereocenters. The van der Waals surface area contributed by atoms with Gasteiger partial charge in [0.1, 0.15) is 5.75 Å². The van der Waals surface area contributed by atoms with Crippen LogP contribution in [0.2, 0.25) is 0 Å². The van der Waals surface area contributed by atoms with E-state index in [0.29, 0.717) is 37.5 Å². The number of rotatable bonds is 2. The van der Waals surface area contributed by atoms with Crippen LogP contribution in [0, 0.1) is 0 Å². The Morgan fingerprint density at radius 2 is 1.61 bits per heavy atom. The number of piperazine rings is 1. The molecule has 0 N–H and O–H groups in total. The first-order chi connectivity index (χ1) is 11.1. The maximum absolute atomic E-state index is 12.4. The molecular formula is C17H19N3O3. The highest BCUT2D eigenvalue weighted by Crippen LogP contribution is 2.13. The van der Waals surface area contributed by atoms with Crippen molar-refractivity contribution in [3.63, 3.8) is 0 Å². The van der Waals surface area contributed by atoms with E-state index in [1.807, 2.05) is 36.0 Å². The highest BCUT2D eigenvalue weighted by atomic mass is 16.6. The zero-order valence-electron chi connectivity index (χ0n) is 13.0. The van der Waals surface area contributed by atoms with Crippen LogP contribution in [-0.4, -0.2) is 52.5 Å². The maximum atomic E-state index is 12.4. The van der Waals surface area contributed by atoms with Gasteiger partial charge in [-0.1, -0.05) is 18.2 Å². The summed E-state index contributed by atoms with van der Waals surface area (Å²) in [6.45, 7) is 1.98. The van der Waals surface area contributed by atoms with E-state index in [2.05, 4.69) is 0 Å². The summed E-state index contributed by atoms with van der Waals surface area (Å²) in [7, 11) is 1.88. The average molecular weight is 313 g/mol. The largest absolute Gasteiger partial charge is 0.415 e. The Morgan fingerprint density at radius 3 is 2.22 bits per heavy atom. The van der Waals surface area contributed by atoms with Gasteiger partial charge in [0.25, 0.3) is 5.91 Å². The molecule has 1 aliphatic rings. The predicted octanol–water partition coefficient (Wildman–Crippen LogP) is 1.98. The average Bonchev–Trinajstić information content (AvgIpc) is 3.02. The predicted molar refractivity (Wildman–Crippen MR) is 85.4 cm³/mol. The fraction of sp³-hybridized carbons (Fsp3) is 0.294. The van der Waals surface area contributed by atoms with Gasteiger partial charge in [0.05, 0.1) is 5.56 Å². The van der Waals surface area contributed by atoms with E-state index < -0.39 is 0 Å². The number of benzene rings is 1. The van der Waals surface area contributed by atoms with Crippen molar-refractivity contribution in [1.29, 1.82) is 0 Å². The standard InChI is InChI=1S/C17H19N3O3/c1-18-8-7-14(13-18)16(21)19-9-11-20(12-10-19)17(22)23-15-5-3-2-4-6-15/h2-8,13H,9-12H2,1H3. The van der Waals surface area contributed by atoms with Crippen molar-refractivity contribution in [3.8, 4) is 5.75 Å². The van der Waals surface area contributed by atoms with Crippen LogP contribution in [0.1, 0.15) is 10.4 Å². The van der Waals surface area contributed by atoms with E-state index in [9.17, 15) is 9.59 Å². The summed E-state index contributed by atoms with van der Waals surface area (Å²) in [5, 5.41) is 0. The quantitative estimate of drug-likeness (QED) is 0.852. The number of para-hydroxylation sites is 1. The van der Waals surface area contributed by atoms with Crippen LogP contribution in [-0.2, 0) is 7.05 Å². The smallest absolute Gasteiger partial charge is 0.410 e. The van der Waals surface area contributed by atoms with Crippen LogP contribution in [0.3, 0.4) is 0 Å². The molecule has 120 valence electrons. The molecule has 0 aliphatic carbocycles. The topological polar surface area (TPSA) is 54.8 Å². The van der Waals surface area contributed by atoms with Crippen molar-refractivity contribution in [2.45, 2.75) is 0 Å². The summed E-state index contributed by atoms with van der Waals surface area (Å²) in [4.78, 5) is 27.9. The monoisotopic (exact) mass is 313 g/mol. The Hall–Kier alpha value is -2.76. The number of aromatic nitrogens is 1. The Kier molecular flexibility index (Phi) is 4.32. The third-order valence-corrected chi connectivity index (χ3v) is 3.85. The summed E-state index contributed by atoms with van der Waals surface area (Å²) in [6.07, 6.45) is 3.28. The third-order valence-electron chi connectivity index (χ3n) is 3.85. The Morgan fingerprint density at radius 1 is 0.957 bits per heavy atom. The molecule has 0 spiro atoms. The van der Waals surface area contributed by atoms with Gasteiger partial charge in [0, 0.05) is 45.6 Å². The molecule has 6 nitrogen and oxygen atoms in total. The number of aryl methyl sites for hydroxylation is 1. The number of nitrogens with zero attached hydrogens (tertiary/aromatic N) is 3. The first-order valence-corrected chi connectivity index (χ1v) is 7.56. The lowest BCUT2D eigenvalue weighted by molar-refractivity contribution is 0.0633. The van der Waals surface area contributed by atoms with E-state index in [4.69, 9.17) is 4.74 Å². The van der Waals surface area contributed by atoms with E-state index in [1.165, 1.54) is 0 Å². The molecule has 0 bridgehead atoms. The second kappa shape index (κ2) is 6.56. The molecule has 0 atom stereocenters. The van der Waals surface area contributed by atoms with Crippen LogP contribution in [0.25, 0.3) is 0 Å². The van der Waals surface area contributed by atoms with Crippen LogP contribution in [0.4, 0.5) is 4.79 Å². The fourth-order valence-corrected chi connectivity index (χ4v) is 2.56. The summed E-state index contributed by atoms with van der Waals surface area (Å²) >= 11 is 0. The first-order valence-electron chi connectivity index (χ1n) is 7.56. The molecule has 2 heterocycles. The van der Waals surface area contributed by atoms with Crippen molar-refractivity contribution in [2.75, 3.05) is 26.2 Å². The fourth-order valence-electron chi connectivity index (χ4n) is 2.56. The number of carbonyl (C=O) groups excluding carboxylic acids is 2. The van der Waals surface area contributed by atoms with Crippen molar-refractivity contribution in [3.05, 3.63) is 54.4 Å². The molecule has 1 aliphatic heterocycles. The van der Waals surface area contributed by atoms with Gasteiger partial charge >= 0.3 is 6.09 Å². The minimum absolute atomic E-state index is 0.00155. The molecule has 2 aromatic rings. The maximum Gasteiger partial charge on any atom is 0.415 e. The van der Waals surface area contributed by atoms with Crippen LogP contribution < -0.4 is 4.74 Å². The Balaban J connectivity index is 1.54. The molecular weight excluding hydrogens is 294 g/mol. The van der Waals surface area contributed by atoms with E-state index >= 15 is 0 Å². The second-order valence-corrected chi connectivity index (χ2v) is 5.53. The van der Waals surface area contributed by atoms with Gasteiger partial charge in [0.2, 0.25) is 0 Å². The van der Waals surface area contributed by atoms with Crippen LogP contribution in [0.15, 0.2) is 48.8 Å². The Bertz CT molecular complexity index is 688. The summed E-state index contributed by atoms with van der Waals surface area (Å²) in [5.74, 6) is 0.530. The lowest BCUT2D eigenvalue weighted by Gasteiger charge is -2.33. The van der Waals surface area contributed by atoms with Crippen LogP contribution in [0.5, 0.6) is 5.75 Å². The lowest BCUT2D eigenvalue weighted by Crippen LogP contribution is -2.51. The molecule has 1 fully saturated rings. The van der Waals surface area contributed by atoms with E-state index in [0.717, 1.165) is 0 Å². The molecule has 2 amide bonds. The van der Waals surface area contributed by atoms with Crippen molar-refractivity contribution < 1.29 is 14.3 Å². The van der Waals surface area contributed by atoms with E-state index in [-0.39, 0.29) is 12.0 Å². The molecule has 0 saturated carbocycles. The molecule has 0 radical (unpaired) electrons. The van der Waals surface area contributed by atoms with Gasteiger partial charge in [-0.2, -0.15) is 0 Å². The SMILES string of the molecule is Cn1ccc(C(=O)N2CCN(C(=O)Oc3ccccc3)CC2)c1. The Labute approximate surface area is 134 Å². The van der Waals surface area contributed by atoms with Gasteiger partial charge in [0.15, 0.2) is 0 Å². The zero-order chi connectivity index (χ0) is 16.2. The number of hydrogen-bond acceptors (Lipinski definition) is 3. The molecule has 1 saturated heterocycles. The number of hydrogen-bond donors (Lipinski definition) is 0. The summed E-state index contributed by atoms with van der Waals surface area (Å²) in [5.41, 5.74) is 0.674. The highest BCUT2D eigenvalue weighted by Gasteiger charge is 2.26. The number of amides is 2. The normalized spacial score (nSPS) is 14.7.